The number of carbonyl (C=O) groups is 2. The molecule has 6 heteroatoms. The molecule has 18 heavy (non-hydrogen) atoms. The molecule has 98 valence electrons. The van der Waals surface area contributed by atoms with Gasteiger partial charge in [0.25, 0.3) is 5.91 Å². The fourth-order valence-electron chi connectivity index (χ4n) is 1.44. The molecule has 0 radical (unpaired) electrons. The van der Waals surface area contributed by atoms with Gasteiger partial charge in [-0.2, -0.15) is 0 Å². The van der Waals surface area contributed by atoms with Gasteiger partial charge < -0.3 is 10.0 Å². The van der Waals surface area contributed by atoms with Crippen LogP contribution >= 0.6 is 27.5 Å². The predicted octanol–water partition coefficient (Wildman–Crippen LogP) is 3.04. The Balaban J connectivity index is 2.65. The summed E-state index contributed by atoms with van der Waals surface area (Å²) in [5.74, 6) is -1.02. The number of carboxylic acids is 1. The number of aliphatic carboxylic acids is 1. The van der Waals surface area contributed by atoms with Gasteiger partial charge in [0, 0.05) is 29.5 Å². The SMILES string of the molecule is CN(CCCC(=O)O)C(=O)c1ccc(Cl)cc1Br. The number of benzene rings is 1. The quantitative estimate of drug-likeness (QED) is 0.900. The standard InChI is InChI=1S/C12H13BrClNO3/c1-15(6-2-3-11(16)17)12(18)9-5-4-8(14)7-10(9)13/h4-5,7H,2-3,6H2,1H3,(H,16,17). The van der Waals surface area contributed by atoms with Crippen molar-refractivity contribution in [3.8, 4) is 0 Å². The second kappa shape index (κ2) is 6.75. The second-order valence-corrected chi connectivity index (χ2v) is 5.14. The zero-order valence-corrected chi connectivity index (χ0v) is 12.2. The molecule has 0 unspecified atom stereocenters. The minimum atomic E-state index is -0.858. The number of hydrogen-bond donors (Lipinski definition) is 1. The topological polar surface area (TPSA) is 57.6 Å². The van der Waals surface area contributed by atoms with Crippen molar-refractivity contribution < 1.29 is 14.7 Å². The Morgan fingerprint density at radius 2 is 2.11 bits per heavy atom. The lowest BCUT2D eigenvalue weighted by Gasteiger charge is -2.17. The average Bonchev–Trinajstić information content (AvgIpc) is 2.27. The van der Waals surface area contributed by atoms with Gasteiger partial charge in [-0.1, -0.05) is 11.6 Å². The smallest absolute Gasteiger partial charge is 0.303 e. The zero-order chi connectivity index (χ0) is 13.7. The molecule has 0 bridgehead atoms. The molecule has 1 aromatic carbocycles. The Bertz CT molecular complexity index is 465. The van der Waals surface area contributed by atoms with E-state index in [4.69, 9.17) is 16.7 Å². The van der Waals surface area contributed by atoms with E-state index in [2.05, 4.69) is 15.9 Å². The Hall–Kier alpha value is -1.07. The number of carboxylic acid groups (broad SMARTS) is 1. The molecular weight excluding hydrogens is 321 g/mol. The van der Waals surface area contributed by atoms with Gasteiger partial charge in [0.15, 0.2) is 0 Å². The van der Waals surface area contributed by atoms with Crippen LogP contribution in [0.3, 0.4) is 0 Å². The molecule has 0 spiro atoms. The molecule has 0 aliphatic heterocycles. The first-order valence-corrected chi connectivity index (χ1v) is 6.51. The van der Waals surface area contributed by atoms with Crippen LogP contribution in [-0.4, -0.2) is 35.5 Å². The lowest BCUT2D eigenvalue weighted by molar-refractivity contribution is -0.137. The summed E-state index contributed by atoms with van der Waals surface area (Å²) >= 11 is 9.08. The molecular formula is C12H13BrClNO3. The van der Waals surface area contributed by atoms with E-state index in [9.17, 15) is 9.59 Å². The number of halogens is 2. The summed E-state index contributed by atoms with van der Waals surface area (Å²) in [5.41, 5.74) is 0.511. The van der Waals surface area contributed by atoms with Crippen molar-refractivity contribution in [1.82, 2.24) is 4.90 Å². The summed E-state index contributed by atoms with van der Waals surface area (Å²) in [6, 6.07) is 4.94. The molecule has 4 nitrogen and oxygen atoms in total. The van der Waals surface area contributed by atoms with E-state index in [0.29, 0.717) is 28.0 Å². The van der Waals surface area contributed by atoms with Crippen LogP contribution in [0.15, 0.2) is 22.7 Å². The van der Waals surface area contributed by atoms with Gasteiger partial charge >= 0.3 is 5.97 Å². The average molecular weight is 335 g/mol. The Labute approximate surface area is 119 Å². The highest BCUT2D eigenvalue weighted by atomic mass is 79.9. The van der Waals surface area contributed by atoms with Crippen molar-refractivity contribution in [3.05, 3.63) is 33.3 Å². The molecule has 0 aliphatic rings. The monoisotopic (exact) mass is 333 g/mol. The van der Waals surface area contributed by atoms with Crippen molar-refractivity contribution in [3.63, 3.8) is 0 Å². The fourth-order valence-corrected chi connectivity index (χ4v) is 2.29. The molecule has 1 rings (SSSR count). The van der Waals surface area contributed by atoms with E-state index in [0.717, 1.165) is 0 Å². The molecule has 0 atom stereocenters. The van der Waals surface area contributed by atoms with E-state index in [1.165, 1.54) is 4.90 Å². The molecule has 0 heterocycles. The predicted molar refractivity (Wildman–Crippen MR) is 73.0 cm³/mol. The third kappa shape index (κ3) is 4.31. The lowest BCUT2D eigenvalue weighted by Crippen LogP contribution is -2.28. The number of amides is 1. The third-order valence-corrected chi connectivity index (χ3v) is 3.28. The van der Waals surface area contributed by atoms with E-state index >= 15 is 0 Å². The van der Waals surface area contributed by atoms with Crippen LogP contribution in [0.5, 0.6) is 0 Å². The maximum Gasteiger partial charge on any atom is 0.303 e. The van der Waals surface area contributed by atoms with Gasteiger partial charge in [-0.25, -0.2) is 0 Å². The minimum absolute atomic E-state index is 0.0550. The van der Waals surface area contributed by atoms with Crippen molar-refractivity contribution in [2.24, 2.45) is 0 Å². The highest BCUT2D eigenvalue weighted by Crippen LogP contribution is 2.22. The van der Waals surface area contributed by atoms with Gasteiger partial charge in [-0.3, -0.25) is 9.59 Å². The summed E-state index contributed by atoms with van der Waals surface area (Å²) in [6.45, 7) is 0.403. The van der Waals surface area contributed by atoms with E-state index in [1.807, 2.05) is 0 Å². The second-order valence-electron chi connectivity index (χ2n) is 3.85. The van der Waals surface area contributed by atoms with Gasteiger partial charge in [-0.15, -0.1) is 0 Å². The largest absolute Gasteiger partial charge is 0.481 e. The molecule has 0 saturated heterocycles. The lowest BCUT2D eigenvalue weighted by atomic mass is 10.2. The van der Waals surface area contributed by atoms with Crippen LogP contribution in [0, 0.1) is 0 Å². The number of carbonyl (C=O) groups excluding carboxylic acids is 1. The van der Waals surface area contributed by atoms with Gasteiger partial charge in [-0.05, 0) is 40.5 Å². The fraction of sp³-hybridized carbons (Fsp3) is 0.333. The van der Waals surface area contributed by atoms with Crippen molar-refractivity contribution in [2.75, 3.05) is 13.6 Å². The molecule has 0 fully saturated rings. The molecule has 1 N–H and O–H groups in total. The van der Waals surface area contributed by atoms with Crippen LogP contribution in [0.4, 0.5) is 0 Å². The third-order valence-electron chi connectivity index (χ3n) is 2.39. The van der Waals surface area contributed by atoms with Crippen LogP contribution < -0.4 is 0 Å². The first-order chi connectivity index (χ1) is 8.41. The molecule has 0 aliphatic carbocycles. The normalized spacial score (nSPS) is 10.2. The van der Waals surface area contributed by atoms with Crippen LogP contribution in [-0.2, 0) is 4.79 Å². The Morgan fingerprint density at radius 3 is 2.67 bits per heavy atom. The maximum atomic E-state index is 12.1. The van der Waals surface area contributed by atoms with Crippen molar-refractivity contribution in [2.45, 2.75) is 12.8 Å². The summed E-state index contributed by atoms with van der Waals surface area (Å²) in [6.07, 6.45) is 0.488. The van der Waals surface area contributed by atoms with Crippen LogP contribution in [0.25, 0.3) is 0 Å². The van der Waals surface area contributed by atoms with Crippen LogP contribution in [0.1, 0.15) is 23.2 Å². The zero-order valence-electron chi connectivity index (χ0n) is 9.82. The molecule has 0 saturated carbocycles. The van der Waals surface area contributed by atoms with Gasteiger partial charge in [0.2, 0.25) is 0 Å². The summed E-state index contributed by atoms with van der Waals surface area (Å²) in [7, 11) is 1.64. The maximum absolute atomic E-state index is 12.1. The van der Waals surface area contributed by atoms with Gasteiger partial charge in [0.1, 0.15) is 0 Å². The number of rotatable bonds is 5. The Morgan fingerprint density at radius 1 is 1.44 bits per heavy atom. The van der Waals surface area contributed by atoms with E-state index in [-0.39, 0.29) is 12.3 Å². The van der Waals surface area contributed by atoms with Crippen molar-refractivity contribution in [1.29, 1.82) is 0 Å². The number of hydrogen-bond acceptors (Lipinski definition) is 2. The summed E-state index contributed by atoms with van der Waals surface area (Å²) in [5, 5.41) is 9.08. The highest BCUT2D eigenvalue weighted by molar-refractivity contribution is 9.10. The van der Waals surface area contributed by atoms with Gasteiger partial charge in [0.05, 0.1) is 5.56 Å². The van der Waals surface area contributed by atoms with Crippen molar-refractivity contribution >= 4 is 39.4 Å². The van der Waals surface area contributed by atoms with Crippen LogP contribution in [0.2, 0.25) is 5.02 Å². The molecule has 0 aromatic heterocycles. The summed E-state index contributed by atoms with van der Waals surface area (Å²) < 4.78 is 0.630. The first-order valence-electron chi connectivity index (χ1n) is 5.34. The Kier molecular flexibility index (Phi) is 5.62. The number of nitrogens with zero attached hydrogens (tertiary/aromatic N) is 1. The van der Waals surface area contributed by atoms with E-state index in [1.54, 1.807) is 25.2 Å². The molecule has 1 amide bonds. The highest BCUT2D eigenvalue weighted by Gasteiger charge is 2.15. The minimum Gasteiger partial charge on any atom is -0.481 e. The summed E-state index contributed by atoms with van der Waals surface area (Å²) in [4.78, 5) is 23.9. The molecule has 1 aromatic rings. The first kappa shape index (κ1) is 15.0. The van der Waals surface area contributed by atoms with E-state index < -0.39 is 5.97 Å².